The molecular formula is C20H34IN3O2. The summed E-state index contributed by atoms with van der Waals surface area (Å²) in [6.07, 6.45) is 4.65. The lowest BCUT2D eigenvalue weighted by molar-refractivity contribution is 0.0264. The standard InChI is InChI=1S/C20H33N3O2.HI/c1-3-21-20(23-15-12-19(13-16-23)24-4-2)22-14-8-9-17-25-18-10-6-5-7-11-18;/h5-7,10-11,19H,3-4,8-9,12-17H2,1-2H3,(H,21,22);1H. The summed E-state index contributed by atoms with van der Waals surface area (Å²) in [7, 11) is 0. The van der Waals surface area contributed by atoms with Gasteiger partial charge in [-0.1, -0.05) is 18.2 Å². The van der Waals surface area contributed by atoms with Crippen LogP contribution in [0.25, 0.3) is 0 Å². The smallest absolute Gasteiger partial charge is 0.193 e. The zero-order chi connectivity index (χ0) is 17.7. The topological polar surface area (TPSA) is 46.1 Å². The lowest BCUT2D eigenvalue weighted by Crippen LogP contribution is -2.47. The highest BCUT2D eigenvalue weighted by atomic mass is 127. The Labute approximate surface area is 175 Å². The van der Waals surface area contributed by atoms with Crippen LogP contribution in [0, 0.1) is 0 Å². The SMILES string of the molecule is CCNC(=NCCCCOc1ccccc1)N1CCC(OCC)CC1.I. The Bertz CT molecular complexity index is 491. The molecule has 1 aliphatic heterocycles. The molecule has 148 valence electrons. The van der Waals surface area contributed by atoms with Gasteiger partial charge in [0.2, 0.25) is 0 Å². The van der Waals surface area contributed by atoms with Crippen molar-refractivity contribution in [1.82, 2.24) is 10.2 Å². The van der Waals surface area contributed by atoms with E-state index in [0.717, 1.165) is 76.8 Å². The average Bonchev–Trinajstić information content (AvgIpc) is 2.65. The molecule has 0 bridgehead atoms. The molecule has 0 aliphatic carbocycles. The van der Waals surface area contributed by atoms with Gasteiger partial charge in [-0.2, -0.15) is 0 Å². The Morgan fingerprint density at radius 2 is 1.88 bits per heavy atom. The predicted molar refractivity (Wildman–Crippen MR) is 119 cm³/mol. The fraction of sp³-hybridized carbons (Fsp3) is 0.650. The highest BCUT2D eigenvalue weighted by Crippen LogP contribution is 2.14. The second-order valence-electron chi connectivity index (χ2n) is 6.25. The fourth-order valence-electron chi connectivity index (χ4n) is 3.00. The van der Waals surface area contributed by atoms with Crippen LogP contribution in [0.15, 0.2) is 35.3 Å². The Morgan fingerprint density at radius 3 is 2.54 bits per heavy atom. The lowest BCUT2D eigenvalue weighted by Gasteiger charge is -2.34. The van der Waals surface area contributed by atoms with Crippen molar-refractivity contribution >= 4 is 29.9 Å². The summed E-state index contributed by atoms with van der Waals surface area (Å²) in [4.78, 5) is 7.15. The summed E-state index contributed by atoms with van der Waals surface area (Å²) in [5.41, 5.74) is 0. The number of benzene rings is 1. The van der Waals surface area contributed by atoms with Crippen molar-refractivity contribution < 1.29 is 9.47 Å². The van der Waals surface area contributed by atoms with Crippen molar-refractivity contribution in [2.45, 2.75) is 45.6 Å². The number of halogens is 1. The van der Waals surface area contributed by atoms with E-state index in [-0.39, 0.29) is 24.0 Å². The monoisotopic (exact) mass is 475 g/mol. The van der Waals surface area contributed by atoms with Crippen molar-refractivity contribution in [2.24, 2.45) is 4.99 Å². The maximum atomic E-state index is 5.73. The van der Waals surface area contributed by atoms with E-state index in [2.05, 4.69) is 24.1 Å². The molecule has 0 radical (unpaired) electrons. The highest BCUT2D eigenvalue weighted by Gasteiger charge is 2.21. The number of aliphatic imine (C=N–C) groups is 1. The minimum Gasteiger partial charge on any atom is -0.494 e. The first-order chi connectivity index (χ1) is 12.3. The molecule has 26 heavy (non-hydrogen) atoms. The number of ether oxygens (including phenoxy) is 2. The zero-order valence-electron chi connectivity index (χ0n) is 16.2. The summed E-state index contributed by atoms with van der Waals surface area (Å²) in [6, 6.07) is 9.98. The van der Waals surface area contributed by atoms with E-state index in [1.54, 1.807) is 0 Å². The maximum Gasteiger partial charge on any atom is 0.193 e. The van der Waals surface area contributed by atoms with Gasteiger partial charge in [0.25, 0.3) is 0 Å². The largest absolute Gasteiger partial charge is 0.494 e. The third-order valence-corrected chi connectivity index (χ3v) is 4.30. The molecule has 0 unspecified atom stereocenters. The first-order valence-electron chi connectivity index (χ1n) is 9.66. The van der Waals surface area contributed by atoms with E-state index in [1.807, 2.05) is 30.3 Å². The van der Waals surface area contributed by atoms with Crippen LogP contribution in [0.4, 0.5) is 0 Å². The molecule has 1 aromatic rings. The van der Waals surface area contributed by atoms with Crippen molar-refractivity contribution in [2.75, 3.05) is 39.4 Å². The third kappa shape index (κ3) is 8.58. The number of guanidine groups is 1. The molecule has 0 amide bonds. The van der Waals surface area contributed by atoms with E-state index in [1.165, 1.54) is 0 Å². The molecule has 6 heteroatoms. The molecule has 1 heterocycles. The van der Waals surface area contributed by atoms with Crippen LogP contribution < -0.4 is 10.1 Å². The number of piperidine rings is 1. The van der Waals surface area contributed by atoms with E-state index < -0.39 is 0 Å². The molecule has 0 spiro atoms. The van der Waals surface area contributed by atoms with Gasteiger partial charge in [-0.25, -0.2) is 0 Å². The number of nitrogens with one attached hydrogen (secondary N) is 1. The molecule has 1 aromatic carbocycles. The number of hydrogen-bond donors (Lipinski definition) is 1. The Hall–Kier alpha value is -1.02. The number of unbranched alkanes of at least 4 members (excludes halogenated alkanes) is 1. The highest BCUT2D eigenvalue weighted by molar-refractivity contribution is 14.0. The van der Waals surface area contributed by atoms with Gasteiger partial charge in [-0.15, -0.1) is 24.0 Å². The van der Waals surface area contributed by atoms with E-state index >= 15 is 0 Å². The van der Waals surface area contributed by atoms with E-state index in [0.29, 0.717) is 6.10 Å². The first-order valence-corrected chi connectivity index (χ1v) is 9.66. The maximum absolute atomic E-state index is 5.73. The van der Waals surface area contributed by atoms with Crippen LogP contribution in [0.2, 0.25) is 0 Å². The van der Waals surface area contributed by atoms with Crippen LogP contribution in [-0.4, -0.2) is 56.4 Å². The van der Waals surface area contributed by atoms with Crippen LogP contribution in [0.5, 0.6) is 5.75 Å². The minimum absolute atomic E-state index is 0. The summed E-state index contributed by atoms with van der Waals surface area (Å²) in [5.74, 6) is 1.98. The molecule has 2 rings (SSSR count). The van der Waals surface area contributed by atoms with Crippen molar-refractivity contribution in [1.29, 1.82) is 0 Å². The molecule has 0 aromatic heterocycles. The van der Waals surface area contributed by atoms with Gasteiger partial charge in [0.05, 0.1) is 12.7 Å². The molecule has 1 N–H and O–H groups in total. The number of rotatable bonds is 9. The van der Waals surface area contributed by atoms with Gasteiger partial charge in [-0.3, -0.25) is 4.99 Å². The van der Waals surface area contributed by atoms with Crippen molar-refractivity contribution in [3.8, 4) is 5.75 Å². The zero-order valence-corrected chi connectivity index (χ0v) is 18.5. The predicted octanol–water partition coefficient (Wildman–Crippen LogP) is 3.93. The number of hydrogen-bond acceptors (Lipinski definition) is 3. The van der Waals surface area contributed by atoms with Crippen LogP contribution in [0.1, 0.15) is 39.5 Å². The van der Waals surface area contributed by atoms with Crippen LogP contribution >= 0.6 is 24.0 Å². The van der Waals surface area contributed by atoms with Crippen molar-refractivity contribution in [3.05, 3.63) is 30.3 Å². The van der Waals surface area contributed by atoms with Crippen LogP contribution in [-0.2, 0) is 4.74 Å². The van der Waals surface area contributed by atoms with Gasteiger partial charge >= 0.3 is 0 Å². The second kappa shape index (κ2) is 14.1. The molecular weight excluding hydrogens is 441 g/mol. The molecule has 5 nitrogen and oxygen atoms in total. The van der Waals surface area contributed by atoms with Gasteiger partial charge in [0.1, 0.15) is 5.75 Å². The Morgan fingerprint density at radius 1 is 1.15 bits per heavy atom. The Balaban J connectivity index is 0.00000338. The average molecular weight is 475 g/mol. The fourth-order valence-corrected chi connectivity index (χ4v) is 3.00. The van der Waals surface area contributed by atoms with Gasteiger partial charge < -0.3 is 19.7 Å². The minimum atomic E-state index is 0. The Kier molecular flexibility index (Phi) is 12.5. The summed E-state index contributed by atoms with van der Waals surface area (Å²) in [6.45, 7) is 9.53. The quantitative estimate of drug-likeness (QED) is 0.255. The summed E-state index contributed by atoms with van der Waals surface area (Å²) in [5, 5.41) is 3.42. The third-order valence-electron chi connectivity index (χ3n) is 4.30. The summed E-state index contributed by atoms with van der Waals surface area (Å²) >= 11 is 0. The molecule has 1 saturated heterocycles. The van der Waals surface area contributed by atoms with Crippen LogP contribution in [0.3, 0.4) is 0 Å². The normalized spacial score (nSPS) is 15.5. The molecule has 0 atom stereocenters. The first kappa shape index (κ1) is 23.0. The lowest BCUT2D eigenvalue weighted by atomic mass is 10.1. The summed E-state index contributed by atoms with van der Waals surface area (Å²) < 4.78 is 11.5. The number of likely N-dealkylation sites (tertiary alicyclic amines) is 1. The number of nitrogens with zero attached hydrogens (tertiary/aromatic N) is 2. The second-order valence-corrected chi connectivity index (χ2v) is 6.25. The molecule has 0 saturated carbocycles. The van der Waals surface area contributed by atoms with Crippen molar-refractivity contribution in [3.63, 3.8) is 0 Å². The van der Waals surface area contributed by atoms with E-state index in [9.17, 15) is 0 Å². The van der Waals surface area contributed by atoms with Gasteiger partial charge in [0, 0.05) is 32.8 Å². The van der Waals surface area contributed by atoms with E-state index in [4.69, 9.17) is 14.5 Å². The van der Waals surface area contributed by atoms with Gasteiger partial charge in [0.15, 0.2) is 5.96 Å². The molecule has 1 aliphatic rings. The molecule has 1 fully saturated rings. The van der Waals surface area contributed by atoms with Gasteiger partial charge in [-0.05, 0) is 51.7 Å². The number of para-hydroxylation sites is 1.